The summed E-state index contributed by atoms with van der Waals surface area (Å²) in [7, 11) is -4.31. The third-order valence-corrected chi connectivity index (χ3v) is 7.38. The van der Waals surface area contributed by atoms with E-state index in [1.807, 2.05) is 13.8 Å². The quantitative estimate of drug-likeness (QED) is 0.207. The lowest BCUT2D eigenvalue weighted by Gasteiger charge is -2.29. The van der Waals surface area contributed by atoms with Crippen LogP contribution in [0, 0.1) is 0 Å². The second kappa shape index (κ2) is 13.0. The largest absolute Gasteiger partial charge is 0.668 e. The van der Waals surface area contributed by atoms with Gasteiger partial charge in [-0.25, -0.2) is 4.79 Å². The van der Waals surface area contributed by atoms with Crippen LogP contribution in [0.2, 0.25) is 13.1 Å². The first-order chi connectivity index (χ1) is 10.5. The van der Waals surface area contributed by atoms with Gasteiger partial charge in [0.1, 0.15) is 0 Å². The summed E-state index contributed by atoms with van der Waals surface area (Å²) in [6.45, 7) is 13.2. The van der Waals surface area contributed by atoms with Crippen LogP contribution in [0.3, 0.4) is 0 Å². The van der Waals surface area contributed by atoms with Crippen molar-refractivity contribution in [2.24, 2.45) is 0 Å². The fourth-order valence-electron chi connectivity index (χ4n) is 1.68. The van der Waals surface area contributed by atoms with E-state index in [0.717, 1.165) is 19.3 Å². The standard InChI is InChI=1S/C14H30O6Si2/c1-6-14(15)16-12-10-9-11-13-19-22(17-7-2,18-8-3)20-21(4)5/h6,21H,1,7-13H2,2-5H3. The van der Waals surface area contributed by atoms with Crippen LogP contribution in [0.1, 0.15) is 33.1 Å². The molecule has 0 aromatic rings. The molecule has 0 heterocycles. The molecule has 0 saturated carbocycles. The molecule has 0 N–H and O–H groups in total. The Morgan fingerprint density at radius 3 is 2.14 bits per heavy atom. The van der Waals surface area contributed by atoms with Gasteiger partial charge in [-0.2, -0.15) is 0 Å². The molecule has 130 valence electrons. The Hall–Kier alpha value is -0.516. The van der Waals surface area contributed by atoms with E-state index in [0.29, 0.717) is 26.4 Å². The van der Waals surface area contributed by atoms with Crippen molar-refractivity contribution in [3.63, 3.8) is 0 Å². The van der Waals surface area contributed by atoms with Gasteiger partial charge in [0.15, 0.2) is 9.04 Å². The van der Waals surface area contributed by atoms with Crippen LogP contribution in [0.25, 0.3) is 0 Å². The summed E-state index contributed by atoms with van der Waals surface area (Å²) in [5.41, 5.74) is 0. The van der Waals surface area contributed by atoms with Crippen molar-refractivity contribution in [3.8, 4) is 0 Å². The normalized spacial score (nSPS) is 11.7. The maximum Gasteiger partial charge on any atom is 0.668 e. The maximum absolute atomic E-state index is 10.9. The van der Waals surface area contributed by atoms with Gasteiger partial charge in [-0.15, -0.1) is 0 Å². The third-order valence-electron chi connectivity index (χ3n) is 2.50. The van der Waals surface area contributed by atoms with E-state index in [4.69, 9.17) is 22.1 Å². The zero-order valence-electron chi connectivity index (χ0n) is 14.3. The molecule has 0 fully saturated rings. The van der Waals surface area contributed by atoms with Crippen LogP contribution >= 0.6 is 0 Å². The van der Waals surface area contributed by atoms with E-state index in [9.17, 15) is 4.79 Å². The first kappa shape index (κ1) is 21.5. The lowest BCUT2D eigenvalue weighted by molar-refractivity contribution is -0.137. The van der Waals surface area contributed by atoms with Crippen molar-refractivity contribution in [3.05, 3.63) is 12.7 Å². The summed E-state index contributed by atoms with van der Waals surface area (Å²) in [4.78, 5) is 10.9. The van der Waals surface area contributed by atoms with Crippen LogP contribution in [0.5, 0.6) is 0 Å². The highest BCUT2D eigenvalue weighted by molar-refractivity contribution is 6.65. The average molecular weight is 351 g/mol. The number of unbranched alkanes of at least 4 members (excludes halogenated alkanes) is 2. The number of hydrogen-bond donors (Lipinski definition) is 0. The molecule has 0 unspecified atom stereocenters. The van der Waals surface area contributed by atoms with E-state index in [2.05, 4.69) is 19.7 Å². The molecule has 0 saturated heterocycles. The minimum atomic E-state index is -2.99. The van der Waals surface area contributed by atoms with Gasteiger partial charge >= 0.3 is 15.0 Å². The SMILES string of the molecule is C=CC(=O)OCCCCCO[Si](OCC)(OCC)O[SiH](C)C. The Labute approximate surface area is 136 Å². The molecule has 6 nitrogen and oxygen atoms in total. The molecule has 0 aliphatic rings. The van der Waals surface area contributed by atoms with Gasteiger partial charge in [0.2, 0.25) is 0 Å². The molecule has 0 radical (unpaired) electrons. The minimum absolute atomic E-state index is 0.384. The number of carbonyl (C=O) groups is 1. The summed E-state index contributed by atoms with van der Waals surface area (Å²) in [6.07, 6.45) is 3.69. The van der Waals surface area contributed by atoms with E-state index in [-0.39, 0.29) is 5.97 Å². The Bertz CT molecular complexity index is 306. The van der Waals surface area contributed by atoms with Crippen molar-refractivity contribution in [1.29, 1.82) is 0 Å². The molecule has 0 aliphatic carbocycles. The van der Waals surface area contributed by atoms with Crippen LogP contribution in [0.4, 0.5) is 0 Å². The van der Waals surface area contributed by atoms with E-state index in [1.54, 1.807) is 0 Å². The zero-order valence-corrected chi connectivity index (χ0v) is 16.4. The lowest BCUT2D eigenvalue weighted by atomic mass is 10.2. The van der Waals surface area contributed by atoms with Crippen molar-refractivity contribution < 1.29 is 26.9 Å². The predicted molar refractivity (Wildman–Crippen MR) is 89.9 cm³/mol. The maximum atomic E-state index is 10.9. The number of hydrogen-bond acceptors (Lipinski definition) is 6. The molecule has 0 aromatic carbocycles. The Kier molecular flexibility index (Phi) is 12.7. The van der Waals surface area contributed by atoms with Gasteiger partial charge in [0, 0.05) is 25.9 Å². The summed E-state index contributed by atoms with van der Waals surface area (Å²) < 4.78 is 28.0. The second-order valence-electron chi connectivity index (χ2n) is 4.81. The van der Waals surface area contributed by atoms with E-state index >= 15 is 0 Å². The second-order valence-corrected chi connectivity index (χ2v) is 9.72. The van der Waals surface area contributed by atoms with Crippen molar-refractivity contribution in [2.75, 3.05) is 26.4 Å². The summed E-state index contributed by atoms with van der Waals surface area (Å²) in [5, 5.41) is 0. The van der Waals surface area contributed by atoms with Crippen LogP contribution in [0.15, 0.2) is 12.7 Å². The van der Waals surface area contributed by atoms with Crippen molar-refractivity contribution >= 4 is 24.1 Å². The molecule has 8 heteroatoms. The van der Waals surface area contributed by atoms with Gasteiger partial charge in [-0.05, 0) is 46.2 Å². The van der Waals surface area contributed by atoms with Gasteiger partial charge in [-0.3, -0.25) is 0 Å². The molecular formula is C14H30O6Si2. The van der Waals surface area contributed by atoms with Crippen LogP contribution < -0.4 is 0 Å². The number of carbonyl (C=O) groups excluding carboxylic acids is 1. The molecule has 0 bridgehead atoms. The highest BCUT2D eigenvalue weighted by Crippen LogP contribution is 2.14. The van der Waals surface area contributed by atoms with E-state index < -0.39 is 18.1 Å². The molecular weight excluding hydrogens is 320 g/mol. The van der Waals surface area contributed by atoms with Crippen LogP contribution in [-0.2, 0) is 26.9 Å². The number of ether oxygens (including phenoxy) is 1. The highest BCUT2D eigenvalue weighted by atomic mass is 28.4. The first-order valence-corrected chi connectivity index (χ1v) is 12.3. The molecule has 22 heavy (non-hydrogen) atoms. The average Bonchev–Trinajstić information content (AvgIpc) is 2.45. The van der Waals surface area contributed by atoms with Gasteiger partial charge in [0.25, 0.3) is 0 Å². The fraction of sp³-hybridized carbons (Fsp3) is 0.786. The number of rotatable bonds is 14. The van der Waals surface area contributed by atoms with Crippen LogP contribution in [-0.4, -0.2) is 50.5 Å². The summed E-state index contributed by atoms with van der Waals surface area (Å²) >= 11 is 0. The summed E-state index contributed by atoms with van der Waals surface area (Å²) in [5.74, 6) is -0.384. The molecule has 0 rings (SSSR count). The Morgan fingerprint density at radius 1 is 1.05 bits per heavy atom. The van der Waals surface area contributed by atoms with Gasteiger partial charge in [-0.1, -0.05) is 6.58 Å². The van der Waals surface area contributed by atoms with Gasteiger partial charge < -0.3 is 22.1 Å². The van der Waals surface area contributed by atoms with Gasteiger partial charge in [0.05, 0.1) is 6.61 Å². The van der Waals surface area contributed by atoms with E-state index in [1.165, 1.54) is 6.08 Å². The molecule has 0 amide bonds. The fourth-order valence-corrected chi connectivity index (χ4v) is 6.16. The van der Waals surface area contributed by atoms with Crippen molar-refractivity contribution in [1.82, 2.24) is 0 Å². The molecule has 0 aliphatic heterocycles. The zero-order chi connectivity index (χ0) is 16.8. The monoisotopic (exact) mass is 350 g/mol. The number of esters is 1. The molecule has 0 aromatic heterocycles. The minimum Gasteiger partial charge on any atom is -0.463 e. The Morgan fingerprint density at radius 2 is 1.64 bits per heavy atom. The molecule has 0 atom stereocenters. The summed E-state index contributed by atoms with van der Waals surface area (Å²) in [6, 6.07) is 0. The Balaban J connectivity index is 4.06. The molecule has 0 spiro atoms. The van der Waals surface area contributed by atoms with Crippen molar-refractivity contribution in [2.45, 2.75) is 46.2 Å². The predicted octanol–water partition coefficient (Wildman–Crippen LogP) is 2.41. The third kappa shape index (κ3) is 10.3. The first-order valence-electron chi connectivity index (χ1n) is 7.88. The topological polar surface area (TPSA) is 63.2 Å². The lowest BCUT2D eigenvalue weighted by Crippen LogP contribution is -2.51. The highest BCUT2D eigenvalue weighted by Gasteiger charge is 2.45. The smallest absolute Gasteiger partial charge is 0.463 e.